The van der Waals surface area contributed by atoms with Crippen molar-refractivity contribution >= 4 is 17.8 Å². The van der Waals surface area contributed by atoms with Gasteiger partial charge in [0, 0.05) is 18.5 Å². The van der Waals surface area contributed by atoms with E-state index in [0.717, 1.165) is 42.3 Å². The molecule has 0 spiro atoms. The second-order valence-electron chi connectivity index (χ2n) is 7.08. The van der Waals surface area contributed by atoms with Crippen LogP contribution in [0.1, 0.15) is 12.0 Å². The molecule has 4 nitrogen and oxygen atoms in total. The Hall–Kier alpha value is -2.76. The van der Waals surface area contributed by atoms with Gasteiger partial charge in [0.05, 0.1) is 13.1 Å². The Morgan fingerprint density at radius 2 is 1.71 bits per heavy atom. The van der Waals surface area contributed by atoms with Gasteiger partial charge in [-0.2, -0.15) is 4.68 Å². The Morgan fingerprint density at radius 3 is 2.32 bits per heavy atom. The molecule has 1 aromatic heterocycles. The molecule has 2 heterocycles. The van der Waals surface area contributed by atoms with Crippen LogP contribution in [0, 0.1) is 4.77 Å². The summed E-state index contributed by atoms with van der Waals surface area (Å²) in [7, 11) is 0. The highest BCUT2D eigenvalue weighted by Gasteiger charge is 2.19. The summed E-state index contributed by atoms with van der Waals surface area (Å²) in [6.07, 6.45) is 5.30. The van der Waals surface area contributed by atoms with Crippen LogP contribution in [-0.2, 0) is 13.2 Å². The van der Waals surface area contributed by atoms with E-state index in [9.17, 15) is 0 Å². The van der Waals surface area contributed by atoms with Gasteiger partial charge in [-0.15, -0.1) is 11.7 Å². The first-order valence-electron chi connectivity index (χ1n) is 9.68. The number of nitrogens with one attached hydrogen (secondary N) is 1. The first-order chi connectivity index (χ1) is 13.8. The predicted molar refractivity (Wildman–Crippen MR) is 116 cm³/mol. The van der Waals surface area contributed by atoms with Crippen molar-refractivity contribution in [3.63, 3.8) is 0 Å². The van der Waals surface area contributed by atoms with Crippen LogP contribution >= 0.6 is 12.2 Å². The third-order valence-electron chi connectivity index (χ3n) is 5.17. The average Bonchev–Trinajstić information content (AvgIpc) is 3.06. The smallest absolute Gasteiger partial charge is 0.203 e. The number of quaternary nitrogens is 1. The van der Waals surface area contributed by atoms with Crippen LogP contribution < -0.4 is 4.90 Å². The molecule has 5 heteroatoms. The third-order valence-corrected chi connectivity index (χ3v) is 5.60. The summed E-state index contributed by atoms with van der Waals surface area (Å²) >= 11 is 5.73. The molecule has 0 aliphatic carbocycles. The molecule has 0 fully saturated rings. The van der Waals surface area contributed by atoms with Crippen molar-refractivity contribution in [3.05, 3.63) is 89.7 Å². The van der Waals surface area contributed by atoms with Gasteiger partial charge in [0.15, 0.2) is 12.5 Å². The zero-order valence-corrected chi connectivity index (χ0v) is 16.7. The molecule has 2 aromatic carbocycles. The maximum atomic E-state index is 5.73. The molecular formula is C23H25N4S+. The molecule has 4 rings (SSSR count). The second-order valence-corrected chi connectivity index (χ2v) is 7.44. The number of rotatable bonds is 6. The summed E-state index contributed by atoms with van der Waals surface area (Å²) < 4.78 is 4.79. The Labute approximate surface area is 171 Å². The molecule has 28 heavy (non-hydrogen) atoms. The van der Waals surface area contributed by atoms with Gasteiger partial charge in [-0.1, -0.05) is 66.7 Å². The van der Waals surface area contributed by atoms with Crippen LogP contribution in [0.25, 0.3) is 17.0 Å². The maximum Gasteiger partial charge on any atom is 0.203 e. The number of benzene rings is 2. The average molecular weight is 390 g/mol. The quantitative estimate of drug-likeness (QED) is 0.515. The minimum absolute atomic E-state index is 0.663. The van der Waals surface area contributed by atoms with Gasteiger partial charge >= 0.3 is 0 Å². The molecule has 0 bridgehead atoms. The van der Waals surface area contributed by atoms with Gasteiger partial charge in [-0.3, -0.25) is 4.57 Å². The van der Waals surface area contributed by atoms with E-state index in [2.05, 4.69) is 59.7 Å². The van der Waals surface area contributed by atoms with Gasteiger partial charge in [0.2, 0.25) is 4.77 Å². The topological polar surface area (TPSA) is 27.2 Å². The molecule has 0 radical (unpaired) electrons. The largest absolute Gasteiger partial charge is 0.313 e. The van der Waals surface area contributed by atoms with E-state index in [1.54, 1.807) is 0 Å². The summed E-state index contributed by atoms with van der Waals surface area (Å²) in [5.41, 5.74) is 3.85. The van der Waals surface area contributed by atoms with Crippen LogP contribution in [0.15, 0.2) is 79.4 Å². The van der Waals surface area contributed by atoms with Gasteiger partial charge in [-0.25, -0.2) is 0 Å². The first kappa shape index (κ1) is 18.6. The van der Waals surface area contributed by atoms with Gasteiger partial charge in [0.1, 0.15) is 0 Å². The van der Waals surface area contributed by atoms with Crippen molar-refractivity contribution in [3.8, 4) is 11.4 Å². The molecule has 1 aliphatic rings. The van der Waals surface area contributed by atoms with Crippen molar-refractivity contribution in [2.75, 3.05) is 13.1 Å². The lowest BCUT2D eigenvalue weighted by molar-refractivity contribution is -0.918. The Kier molecular flexibility index (Phi) is 5.65. The van der Waals surface area contributed by atoms with Gasteiger partial charge in [-0.05, 0) is 29.4 Å². The highest BCUT2D eigenvalue weighted by Crippen LogP contribution is 2.19. The molecule has 3 aromatic rings. The predicted octanol–water partition coefficient (Wildman–Crippen LogP) is 3.60. The van der Waals surface area contributed by atoms with E-state index in [-0.39, 0.29) is 0 Å². The fraction of sp³-hybridized carbons (Fsp3) is 0.217. The Morgan fingerprint density at radius 1 is 1.04 bits per heavy atom. The van der Waals surface area contributed by atoms with Crippen LogP contribution in [0.3, 0.4) is 0 Å². The normalized spacial score (nSPS) is 16.6. The van der Waals surface area contributed by atoms with E-state index < -0.39 is 0 Å². The van der Waals surface area contributed by atoms with Crippen molar-refractivity contribution < 1.29 is 4.90 Å². The van der Waals surface area contributed by atoms with E-state index >= 15 is 0 Å². The second kappa shape index (κ2) is 8.50. The minimum Gasteiger partial charge on any atom is -0.313 e. The SMILES string of the molecule is C=CCn1c(-c2ccccc2)nn(C[NH+]2CC=C(c3ccccc3)CC2)c1=S. The highest BCUT2D eigenvalue weighted by molar-refractivity contribution is 7.71. The standard InChI is InChI=1S/C23H24N4S/c1-2-15-26-22(21-11-7-4-8-12-21)24-27(23(26)28)18-25-16-13-20(14-17-25)19-9-5-3-6-10-19/h2-13H,1,14-18H2/p+1. The zero-order chi connectivity index (χ0) is 19.3. The number of hydrogen-bond donors (Lipinski definition) is 1. The van der Waals surface area contributed by atoms with Gasteiger partial charge in [0.25, 0.3) is 0 Å². The van der Waals surface area contributed by atoms with Crippen molar-refractivity contribution in [2.24, 2.45) is 0 Å². The molecule has 0 amide bonds. The van der Waals surface area contributed by atoms with Gasteiger partial charge < -0.3 is 4.90 Å². The lowest BCUT2D eigenvalue weighted by Gasteiger charge is -2.23. The first-order valence-corrected chi connectivity index (χ1v) is 10.1. The number of allylic oxidation sites excluding steroid dienone is 1. The third kappa shape index (κ3) is 3.91. The minimum atomic E-state index is 0.663. The van der Waals surface area contributed by atoms with E-state index in [4.69, 9.17) is 17.3 Å². The van der Waals surface area contributed by atoms with Crippen LogP contribution in [0.5, 0.6) is 0 Å². The van der Waals surface area contributed by atoms with E-state index in [1.807, 2.05) is 29.0 Å². The highest BCUT2D eigenvalue weighted by atomic mass is 32.1. The zero-order valence-electron chi connectivity index (χ0n) is 15.9. The van der Waals surface area contributed by atoms with Crippen LogP contribution in [-0.4, -0.2) is 27.4 Å². The summed E-state index contributed by atoms with van der Waals surface area (Å²) in [5, 5.41) is 4.86. The Bertz CT molecular complexity index is 1030. The molecule has 1 aliphatic heterocycles. The van der Waals surface area contributed by atoms with E-state index in [0.29, 0.717) is 6.54 Å². The number of aromatic nitrogens is 3. The van der Waals surface area contributed by atoms with Crippen molar-refractivity contribution in [2.45, 2.75) is 19.6 Å². The molecule has 0 saturated carbocycles. The molecule has 1 unspecified atom stereocenters. The fourth-order valence-electron chi connectivity index (χ4n) is 3.69. The molecule has 1 atom stereocenters. The molecular weight excluding hydrogens is 364 g/mol. The Balaban J connectivity index is 1.55. The summed E-state index contributed by atoms with van der Waals surface area (Å²) in [5.74, 6) is 0.905. The summed E-state index contributed by atoms with van der Waals surface area (Å²) in [4.78, 5) is 1.47. The fourth-order valence-corrected chi connectivity index (χ4v) is 3.96. The molecule has 142 valence electrons. The summed E-state index contributed by atoms with van der Waals surface area (Å²) in [6.45, 7) is 7.39. The van der Waals surface area contributed by atoms with Crippen molar-refractivity contribution in [1.29, 1.82) is 0 Å². The van der Waals surface area contributed by atoms with Crippen LogP contribution in [0.2, 0.25) is 0 Å². The lowest BCUT2D eigenvalue weighted by Crippen LogP contribution is -3.11. The van der Waals surface area contributed by atoms with E-state index in [1.165, 1.54) is 16.0 Å². The maximum absolute atomic E-state index is 5.73. The lowest BCUT2D eigenvalue weighted by atomic mass is 10.00. The summed E-state index contributed by atoms with van der Waals surface area (Å²) in [6, 6.07) is 20.9. The van der Waals surface area contributed by atoms with Crippen LogP contribution in [0.4, 0.5) is 0 Å². The molecule has 0 saturated heterocycles. The monoisotopic (exact) mass is 389 g/mol. The van der Waals surface area contributed by atoms with Crippen molar-refractivity contribution in [1.82, 2.24) is 14.3 Å². The number of hydrogen-bond acceptors (Lipinski definition) is 2. The number of nitrogens with zero attached hydrogens (tertiary/aromatic N) is 3. The molecule has 1 N–H and O–H groups in total.